The van der Waals surface area contributed by atoms with Crippen LogP contribution < -0.4 is 0 Å². The molecule has 1 fully saturated rings. The molecule has 0 bridgehead atoms. The van der Waals surface area contributed by atoms with Gasteiger partial charge in [-0.15, -0.1) is 5.10 Å². The second kappa shape index (κ2) is 8.10. The lowest BCUT2D eigenvalue weighted by molar-refractivity contribution is 0.0689. The van der Waals surface area contributed by atoms with Gasteiger partial charge in [-0.3, -0.25) is 4.79 Å². The Balaban J connectivity index is 1.39. The van der Waals surface area contributed by atoms with Crippen LogP contribution in [0.15, 0.2) is 35.0 Å². The fraction of sp³-hybridized carbons (Fsp3) is 0.421. The largest absolute Gasteiger partial charge is 0.338 e. The molecule has 1 aliphatic heterocycles. The molecule has 28 heavy (non-hydrogen) atoms. The summed E-state index contributed by atoms with van der Waals surface area (Å²) in [6.07, 6.45) is 5.18. The minimum absolute atomic E-state index is 0.00884. The van der Waals surface area contributed by atoms with Crippen LogP contribution in [0, 0.1) is 0 Å². The van der Waals surface area contributed by atoms with Crippen molar-refractivity contribution >= 4 is 17.5 Å². The predicted octanol–water partition coefficient (Wildman–Crippen LogP) is 3.41. The molecule has 1 aliphatic rings. The topological polar surface area (TPSA) is 89.9 Å². The summed E-state index contributed by atoms with van der Waals surface area (Å²) in [4.78, 5) is 18.8. The van der Waals surface area contributed by atoms with Crippen molar-refractivity contribution in [1.29, 1.82) is 0 Å². The zero-order valence-electron chi connectivity index (χ0n) is 15.6. The van der Waals surface area contributed by atoms with Crippen LogP contribution in [0.1, 0.15) is 48.4 Å². The molecule has 3 heterocycles. The van der Waals surface area contributed by atoms with Crippen LogP contribution in [0.5, 0.6) is 0 Å². The van der Waals surface area contributed by atoms with Gasteiger partial charge in [-0.25, -0.2) is 4.68 Å². The first kappa shape index (κ1) is 18.6. The molecule has 0 N–H and O–H groups in total. The standard InChI is InChI=1S/C19H21ClN6O2/c1-2-4-17-21-18(28-23-17)16-12-26(24-22-16)15-7-9-25(10-8-15)19(27)13-5-3-6-14(20)11-13/h3,5-6,11-12,15H,2,4,7-10H2,1H3. The molecule has 146 valence electrons. The van der Waals surface area contributed by atoms with E-state index in [1.54, 1.807) is 24.3 Å². The number of rotatable bonds is 5. The van der Waals surface area contributed by atoms with E-state index in [2.05, 4.69) is 27.4 Å². The Labute approximate surface area is 167 Å². The maximum absolute atomic E-state index is 12.6. The molecule has 0 spiro atoms. The number of benzene rings is 1. The molecule has 1 amide bonds. The van der Waals surface area contributed by atoms with Crippen molar-refractivity contribution in [3.8, 4) is 11.6 Å². The summed E-state index contributed by atoms with van der Waals surface area (Å²) in [5.41, 5.74) is 1.19. The molecule has 0 radical (unpaired) electrons. The van der Waals surface area contributed by atoms with Crippen LogP contribution in [0.25, 0.3) is 11.6 Å². The van der Waals surface area contributed by atoms with E-state index in [1.165, 1.54) is 0 Å². The number of aromatic nitrogens is 5. The van der Waals surface area contributed by atoms with Crippen molar-refractivity contribution in [2.45, 2.75) is 38.6 Å². The Morgan fingerprint density at radius 3 is 2.89 bits per heavy atom. The van der Waals surface area contributed by atoms with Gasteiger partial charge in [0.2, 0.25) is 0 Å². The van der Waals surface area contributed by atoms with Crippen molar-refractivity contribution in [1.82, 2.24) is 30.0 Å². The first-order valence-corrected chi connectivity index (χ1v) is 9.81. The maximum atomic E-state index is 12.6. The van der Waals surface area contributed by atoms with Crippen LogP contribution in [0.3, 0.4) is 0 Å². The second-order valence-electron chi connectivity index (χ2n) is 6.88. The van der Waals surface area contributed by atoms with Gasteiger partial charge in [0, 0.05) is 30.1 Å². The van der Waals surface area contributed by atoms with E-state index in [-0.39, 0.29) is 11.9 Å². The van der Waals surface area contributed by atoms with Gasteiger partial charge in [0.25, 0.3) is 11.8 Å². The lowest BCUT2D eigenvalue weighted by atomic mass is 10.0. The third kappa shape index (κ3) is 3.91. The average Bonchev–Trinajstić information content (AvgIpc) is 3.37. The third-order valence-corrected chi connectivity index (χ3v) is 5.10. The Morgan fingerprint density at radius 1 is 1.32 bits per heavy atom. The molecule has 0 aliphatic carbocycles. The minimum Gasteiger partial charge on any atom is -0.338 e. The zero-order chi connectivity index (χ0) is 19.5. The molecule has 1 saturated heterocycles. The highest BCUT2D eigenvalue weighted by Crippen LogP contribution is 2.25. The number of likely N-dealkylation sites (tertiary alicyclic amines) is 1. The van der Waals surface area contributed by atoms with E-state index in [9.17, 15) is 4.79 Å². The SMILES string of the molecule is CCCc1noc(-c2cn(C3CCN(C(=O)c4cccc(Cl)c4)CC3)nn2)n1. The molecular formula is C19H21ClN6O2. The summed E-state index contributed by atoms with van der Waals surface area (Å²) >= 11 is 6.00. The van der Waals surface area contributed by atoms with Crippen LogP contribution in [0.4, 0.5) is 0 Å². The van der Waals surface area contributed by atoms with Gasteiger partial charge in [-0.05, 0) is 37.5 Å². The van der Waals surface area contributed by atoms with E-state index in [4.69, 9.17) is 16.1 Å². The molecule has 4 rings (SSSR count). The highest BCUT2D eigenvalue weighted by molar-refractivity contribution is 6.30. The summed E-state index contributed by atoms with van der Waals surface area (Å²) in [7, 11) is 0. The zero-order valence-corrected chi connectivity index (χ0v) is 16.3. The van der Waals surface area contributed by atoms with Crippen LogP contribution >= 0.6 is 11.6 Å². The molecule has 3 aromatic rings. The van der Waals surface area contributed by atoms with Gasteiger partial charge in [-0.2, -0.15) is 4.98 Å². The number of nitrogens with zero attached hydrogens (tertiary/aromatic N) is 6. The van der Waals surface area contributed by atoms with Gasteiger partial charge in [-0.1, -0.05) is 35.0 Å². The van der Waals surface area contributed by atoms with Crippen molar-refractivity contribution in [3.63, 3.8) is 0 Å². The van der Waals surface area contributed by atoms with Gasteiger partial charge in [0.1, 0.15) is 0 Å². The first-order valence-electron chi connectivity index (χ1n) is 9.43. The van der Waals surface area contributed by atoms with Gasteiger partial charge < -0.3 is 9.42 Å². The predicted molar refractivity (Wildman–Crippen MR) is 103 cm³/mol. The quantitative estimate of drug-likeness (QED) is 0.651. The summed E-state index contributed by atoms with van der Waals surface area (Å²) in [5, 5.41) is 12.9. The van der Waals surface area contributed by atoms with Gasteiger partial charge >= 0.3 is 0 Å². The summed E-state index contributed by atoms with van der Waals surface area (Å²) in [5.74, 6) is 1.08. The number of carbonyl (C=O) groups excluding carboxylic acids is 1. The first-order chi connectivity index (χ1) is 13.6. The molecule has 0 atom stereocenters. The molecule has 0 saturated carbocycles. The number of aryl methyl sites for hydroxylation is 1. The molecule has 1 aromatic carbocycles. The Hall–Kier alpha value is -2.74. The van der Waals surface area contributed by atoms with Crippen LogP contribution in [-0.4, -0.2) is 49.0 Å². The molecular weight excluding hydrogens is 380 g/mol. The number of halogens is 1. The monoisotopic (exact) mass is 400 g/mol. The van der Waals surface area contributed by atoms with Crippen LogP contribution in [-0.2, 0) is 6.42 Å². The number of amides is 1. The van der Waals surface area contributed by atoms with Crippen molar-refractivity contribution in [3.05, 3.63) is 46.9 Å². The van der Waals surface area contributed by atoms with Gasteiger partial charge in [0.15, 0.2) is 11.5 Å². The molecule has 0 unspecified atom stereocenters. The molecule has 9 heteroatoms. The highest BCUT2D eigenvalue weighted by Gasteiger charge is 2.26. The summed E-state index contributed by atoms with van der Waals surface area (Å²) in [6, 6.07) is 7.24. The summed E-state index contributed by atoms with van der Waals surface area (Å²) < 4.78 is 7.10. The van der Waals surface area contributed by atoms with Gasteiger partial charge in [0.05, 0.1) is 12.2 Å². The van der Waals surface area contributed by atoms with E-state index in [1.807, 2.05) is 15.8 Å². The maximum Gasteiger partial charge on any atom is 0.280 e. The molecule has 2 aromatic heterocycles. The lowest BCUT2D eigenvalue weighted by Crippen LogP contribution is -2.39. The van der Waals surface area contributed by atoms with Crippen molar-refractivity contribution in [2.24, 2.45) is 0 Å². The lowest BCUT2D eigenvalue weighted by Gasteiger charge is -2.31. The second-order valence-corrected chi connectivity index (χ2v) is 7.32. The Bertz CT molecular complexity index is 961. The fourth-order valence-electron chi connectivity index (χ4n) is 3.37. The highest BCUT2D eigenvalue weighted by atomic mass is 35.5. The minimum atomic E-state index is 0.00884. The Kier molecular flexibility index (Phi) is 5.38. The van der Waals surface area contributed by atoms with E-state index >= 15 is 0 Å². The number of carbonyl (C=O) groups is 1. The third-order valence-electron chi connectivity index (χ3n) is 4.87. The fourth-order valence-corrected chi connectivity index (χ4v) is 3.56. The number of hydrogen-bond acceptors (Lipinski definition) is 6. The van der Waals surface area contributed by atoms with Crippen LogP contribution in [0.2, 0.25) is 5.02 Å². The van der Waals surface area contributed by atoms with Crippen molar-refractivity contribution in [2.75, 3.05) is 13.1 Å². The Morgan fingerprint density at radius 2 is 2.14 bits per heavy atom. The van der Waals surface area contributed by atoms with E-state index in [0.29, 0.717) is 41.1 Å². The number of hydrogen-bond donors (Lipinski definition) is 0. The smallest absolute Gasteiger partial charge is 0.280 e. The normalized spacial score (nSPS) is 15.1. The average molecular weight is 401 g/mol. The van der Waals surface area contributed by atoms with Crippen molar-refractivity contribution < 1.29 is 9.32 Å². The van der Waals surface area contributed by atoms with E-state index < -0.39 is 0 Å². The van der Waals surface area contributed by atoms with E-state index in [0.717, 1.165) is 25.7 Å². The number of piperidine rings is 1. The molecule has 8 nitrogen and oxygen atoms in total. The summed E-state index contributed by atoms with van der Waals surface area (Å²) in [6.45, 7) is 3.38.